The molecular formula is C23H28O2Si. The predicted octanol–water partition coefficient (Wildman–Crippen LogP) is 3.50. The van der Waals surface area contributed by atoms with Crippen molar-refractivity contribution in [3.8, 4) is 11.8 Å². The maximum Gasteiger partial charge on any atom is 0.261 e. The van der Waals surface area contributed by atoms with Gasteiger partial charge < -0.3 is 9.53 Å². The lowest BCUT2D eigenvalue weighted by atomic mass is 10.2. The molecule has 0 radical (unpaired) electrons. The zero-order chi connectivity index (χ0) is 19.0. The summed E-state index contributed by atoms with van der Waals surface area (Å²) < 4.78 is 6.71. The molecule has 0 unspecified atom stereocenters. The molecule has 0 amide bonds. The van der Waals surface area contributed by atoms with Crippen LogP contribution in [0.3, 0.4) is 0 Å². The molecule has 0 fully saturated rings. The van der Waals surface area contributed by atoms with Crippen LogP contribution in [0.15, 0.2) is 73.3 Å². The largest absolute Gasteiger partial charge is 0.406 e. The van der Waals surface area contributed by atoms with E-state index in [0.29, 0.717) is 13.0 Å². The summed E-state index contributed by atoms with van der Waals surface area (Å²) in [4.78, 5) is 0. The predicted molar refractivity (Wildman–Crippen MR) is 112 cm³/mol. The standard InChI is InChI=1S/C23H28O2Si/c1-5-20(24)14-12-13-19-25-26(23(2,3)4,21-15-8-6-9-16-21)22-17-10-7-11-18-22/h5-11,15-18,20,24H,1,13,19H2,2-4H3/t20-/m1/s1. The molecule has 0 spiro atoms. The SMILES string of the molecule is C=C[C@@H](O)C#CCCO[Si](c1ccccc1)(c1ccccc1)C(C)(C)C. The second-order valence-electron chi connectivity index (χ2n) is 7.26. The third-order valence-electron chi connectivity index (χ3n) is 4.44. The molecule has 2 aromatic rings. The molecule has 0 aromatic heterocycles. The molecule has 0 aliphatic rings. The zero-order valence-corrected chi connectivity index (χ0v) is 16.9. The summed E-state index contributed by atoms with van der Waals surface area (Å²) in [5.41, 5.74) is 0. The Hall–Kier alpha value is -2.12. The molecule has 0 saturated carbocycles. The first-order valence-electron chi connectivity index (χ1n) is 8.96. The first-order chi connectivity index (χ1) is 12.4. The summed E-state index contributed by atoms with van der Waals surface area (Å²) in [5, 5.41) is 12.0. The summed E-state index contributed by atoms with van der Waals surface area (Å²) >= 11 is 0. The highest BCUT2D eigenvalue weighted by atomic mass is 28.4. The van der Waals surface area contributed by atoms with E-state index >= 15 is 0 Å². The van der Waals surface area contributed by atoms with E-state index < -0.39 is 14.4 Å². The Labute approximate surface area is 158 Å². The van der Waals surface area contributed by atoms with Gasteiger partial charge in [-0.3, -0.25) is 0 Å². The molecule has 2 rings (SSSR count). The highest BCUT2D eigenvalue weighted by molar-refractivity contribution is 6.99. The van der Waals surface area contributed by atoms with Gasteiger partial charge in [-0.05, 0) is 15.4 Å². The lowest BCUT2D eigenvalue weighted by molar-refractivity contribution is 0.280. The van der Waals surface area contributed by atoms with Gasteiger partial charge in [-0.1, -0.05) is 106 Å². The van der Waals surface area contributed by atoms with E-state index in [2.05, 4.69) is 87.7 Å². The summed E-state index contributed by atoms with van der Waals surface area (Å²) in [6.45, 7) is 10.8. The smallest absolute Gasteiger partial charge is 0.261 e. The van der Waals surface area contributed by atoms with Gasteiger partial charge in [-0.15, -0.1) is 0 Å². The van der Waals surface area contributed by atoms with Crippen molar-refractivity contribution in [3.05, 3.63) is 73.3 Å². The van der Waals surface area contributed by atoms with Crippen LogP contribution in [-0.4, -0.2) is 26.1 Å². The first-order valence-corrected chi connectivity index (χ1v) is 10.9. The lowest BCUT2D eigenvalue weighted by Gasteiger charge is -2.43. The van der Waals surface area contributed by atoms with Gasteiger partial charge in [0.05, 0.1) is 0 Å². The number of hydrogen-bond acceptors (Lipinski definition) is 2. The molecule has 0 heterocycles. The number of hydrogen-bond donors (Lipinski definition) is 1. The van der Waals surface area contributed by atoms with Crippen LogP contribution >= 0.6 is 0 Å². The topological polar surface area (TPSA) is 29.5 Å². The summed E-state index contributed by atoms with van der Waals surface area (Å²) in [7, 11) is -2.49. The van der Waals surface area contributed by atoms with Gasteiger partial charge in [0, 0.05) is 13.0 Å². The third kappa shape index (κ3) is 4.53. The number of benzene rings is 2. The highest BCUT2D eigenvalue weighted by Gasteiger charge is 2.49. The van der Waals surface area contributed by atoms with E-state index in [1.807, 2.05) is 12.1 Å². The van der Waals surface area contributed by atoms with Gasteiger partial charge in [0.1, 0.15) is 6.10 Å². The van der Waals surface area contributed by atoms with Gasteiger partial charge in [0.25, 0.3) is 8.32 Å². The van der Waals surface area contributed by atoms with E-state index in [1.54, 1.807) is 0 Å². The number of aliphatic hydroxyl groups is 1. The number of aliphatic hydroxyl groups excluding tert-OH is 1. The molecule has 1 atom stereocenters. The molecule has 3 heteroatoms. The second kappa shape index (κ2) is 9.00. The Bertz CT molecular complexity index is 712. The van der Waals surface area contributed by atoms with Crippen molar-refractivity contribution in [2.24, 2.45) is 0 Å². The Kier molecular flexibility index (Phi) is 6.99. The fraction of sp³-hybridized carbons (Fsp3) is 0.304. The summed E-state index contributed by atoms with van der Waals surface area (Å²) in [5.74, 6) is 5.75. The van der Waals surface area contributed by atoms with Crippen molar-refractivity contribution in [1.29, 1.82) is 0 Å². The molecule has 0 saturated heterocycles. The molecule has 0 bridgehead atoms. The molecule has 1 N–H and O–H groups in total. The minimum Gasteiger partial charge on any atom is -0.406 e. The molecule has 0 aliphatic carbocycles. The van der Waals surface area contributed by atoms with Crippen LogP contribution in [0.2, 0.25) is 5.04 Å². The van der Waals surface area contributed by atoms with E-state index in [1.165, 1.54) is 16.4 Å². The van der Waals surface area contributed by atoms with E-state index in [0.717, 1.165) is 0 Å². The molecule has 26 heavy (non-hydrogen) atoms. The van der Waals surface area contributed by atoms with Crippen LogP contribution in [0.4, 0.5) is 0 Å². The summed E-state index contributed by atoms with van der Waals surface area (Å²) in [6, 6.07) is 21.1. The second-order valence-corrected chi connectivity index (χ2v) is 11.6. The van der Waals surface area contributed by atoms with Crippen LogP contribution in [-0.2, 0) is 4.43 Å². The quantitative estimate of drug-likeness (QED) is 0.368. The fourth-order valence-electron chi connectivity index (χ4n) is 3.25. The lowest BCUT2D eigenvalue weighted by Crippen LogP contribution is -2.66. The fourth-order valence-corrected chi connectivity index (χ4v) is 7.82. The Morgan fingerprint density at radius 3 is 1.96 bits per heavy atom. The Morgan fingerprint density at radius 1 is 1.04 bits per heavy atom. The van der Waals surface area contributed by atoms with Crippen molar-refractivity contribution in [1.82, 2.24) is 0 Å². The average molecular weight is 365 g/mol. The highest BCUT2D eigenvalue weighted by Crippen LogP contribution is 2.36. The van der Waals surface area contributed by atoms with Crippen LogP contribution in [0, 0.1) is 11.8 Å². The van der Waals surface area contributed by atoms with E-state index in [9.17, 15) is 5.11 Å². The maximum absolute atomic E-state index is 9.48. The molecular weight excluding hydrogens is 336 g/mol. The normalized spacial score (nSPS) is 12.8. The van der Waals surface area contributed by atoms with Crippen LogP contribution in [0.5, 0.6) is 0 Å². The van der Waals surface area contributed by atoms with E-state index in [4.69, 9.17) is 4.43 Å². The van der Waals surface area contributed by atoms with Gasteiger partial charge in [0.15, 0.2) is 0 Å². The van der Waals surface area contributed by atoms with Crippen molar-refractivity contribution in [3.63, 3.8) is 0 Å². The molecule has 0 aliphatic heterocycles. The molecule has 2 aromatic carbocycles. The molecule has 136 valence electrons. The van der Waals surface area contributed by atoms with Crippen molar-refractivity contribution in [2.45, 2.75) is 38.3 Å². The minimum absolute atomic E-state index is 0.0379. The zero-order valence-electron chi connectivity index (χ0n) is 15.9. The minimum atomic E-state index is -2.49. The monoisotopic (exact) mass is 364 g/mol. The Morgan fingerprint density at radius 2 is 1.54 bits per heavy atom. The Balaban J connectivity index is 2.40. The van der Waals surface area contributed by atoms with Gasteiger partial charge in [-0.2, -0.15) is 0 Å². The number of rotatable bonds is 6. The third-order valence-corrected chi connectivity index (χ3v) is 9.48. The maximum atomic E-state index is 9.48. The molecule has 2 nitrogen and oxygen atoms in total. The van der Waals surface area contributed by atoms with Crippen LogP contribution in [0.25, 0.3) is 0 Å². The van der Waals surface area contributed by atoms with Crippen molar-refractivity contribution in [2.75, 3.05) is 6.61 Å². The summed E-state index contributed by atoms with van der Waals surface area (Å²) in [6.07, 6.45) is 1.23. The van der Waals surface area contributed by atoms with Crippen LogP contribution < -0.4 is 10.4 Å². The van der Waals surface area contributed by atoms with Crippen molar-refractivity contribution >= 4 is 18.7 Å². The van der Waals surface area contributed by atoms with Crippen molar-refractivity contribution < 1.29 is 9.53 Å². The van der Waals surface area contributed by atoms with Gasteiger partial charge in [-0.25, -0.2) is 0 Å². The average Bonchev–Trinajstić information content (AvgIpc) is 2.65. The van der Waals surface area contributed by atoms with Gasteiger partial charge >= 0.3 is 0 Å². The first kappa shape index (κ1) is 20.2. The van der Waals surface area contributed by atoms with Crippen LogP contribution in [0.1, 0.15) is 27.2 Å². The van der Waals surface area contributed by atoms with Gasteiger partial charge in [0.2, 0.25) is 0 Å². The van der Waals surface area contributed by atoms with E-state index in [-0.39, 0.29) is 5.04 Å².